The number of nitrogens with one attached hydrogen (secondary N) is 2. The number of halogens is 1. The highest BCUT2D eigenvalue weighted by Gasteiger charge is 2.38. The lowest BCUT2D eigenvalue weighted by molar-refractivity contribution is 0.0636. The van der Waals surface area contributed by atoms with E-state index in [0.717, 1.165) is 23.2 Å². The molecule has 2 aliphatic heterocycles. The van der Waals surface area contributed by atoms with Gasteiger partial charge in [-0.15, -0.1) is 0 Å². The minimum absolute atomic E-state index is 0.00284. The predicted molar refractivity (Wildman–Crippen MR) is 171 cm³/mol. The minimum Gasteiger partial charge on any atom is -0.447 e. The topological polar surface area (TPSA) is 128 Å². The normalized spacial score (nSPS) is 18.2. The maximum absolute atomic E-state index is 13.9. The van der Waals surface area contributed by atoms with Crippen LogP contribution in [-0.4, -0.2) is 62.5 Å². The largest absolute Gasteiger partial charge is 0.447 e. The number of carbonyl (C=O) groups excluding carboxylic acids is 2. The van der Waals surface area contributed by atoms with Crippen LogP contribution < -0.4 is 16.2 Å². The summed E-state index contributed by atoms with van der Waals surface area (Å²) >= 11 is 7.36. The summed E-state index contributed by atoms with van der Waals surface area (Å²) in [6, 6.07) is 11.1. The van der Waals surface area contributed by atoms with E-state index in [0.29, 0.717) is 57.9 Å². The average Bonchev–Trinajstić information content (AvgIpc) is 3.57. The second-order valence-electron chi connectivity index (χ2n) is 12.0. The van der Waals surface area contributed by atoms with Gasteiger partial charge in [0.1, 0.15) is 28.0 Å². The molecule has 11 nitrogen and oxygen atoms in total. The zero-order valence-corrected chi connectivity index (χ0v) is 26.4. The molecule has 2 aromatic heterocycles. The first-order valence-corrected chi connectivity index (χ1v) is 15.6. The van der Waals surface area contributed by atoms with Crippen LogP contribution in [0.2, 0.25) is 5.02 Å². The number of rotatable bonds is 6. The monoisotopic (exact) mass is 636 g/mol. The van der Waals surface area contributed by atoms with Crippen LogP contribution >= 0.6 is 22.9 Å². The van der Waals surface area contributed by atoms with Crippen LogP contribution in [0.5, 0.6) is 0 Å². The summed E-state index contributed by atoms with van der Waals surface area (Å²) in [5.41, 5.74) is 2.16. The Morgan fingerprint density at radius 2 is 1.98 bits per heavy atom. The number of amides is 2. The van der Waals surface area contributed by atoms with Gasteiger partial charge >= 0.3 is 12.2 Å². The molecular weight excluding hydrogens is 604 g/mol. The number of aryl methyl sites for hydroxylation is 1. The number of piperidine rings is 1. The molecule has 0 spiro atoms. The Balaban J connectivity index is 1.37. The van der Waals surface area contributed by atoms with Crippen molar-refractivity contribution in [2.75, 3.05) is 23.8 Å². The summed E-state index contributed by atoms with van der Waals surface area (Å²) in [6.07, 6.45) is 2.18. The quantitative estimate of drug-likeness (QED) is 0.253. The first-order valence-electron chi connectivity index (χ1n) is 14.4. The van der Waals surface area contributed by atoms with E-state index in [2.05, 4.69) is 15.6 Å². The van der Waals surface area contributed by atoms with Crippen molar-refractivity contribution in [3.05, 3.63) is 69.4 Å². The number of anilines is 2. The Labute approximate surface area is 263 Å². The Morgan fingerprint density at radius 1 is 1.20 bits per heavy atom. The molecule has 0 saturated carbocycles. The fourth-order valence-corrected chi connectivity index (χ4v) is 6.50. The maximum Gasteiger partial charge on any atom is 0.412 e. The molecule has 2 atom stereocenters. The molecule has 2 fully saturated rings. The summed E-state index contributed by atoms with van der Waals surface area (Å²) in [4.78, 5) is 49.5. The molecule has 44 heavy (non-hydrogen) atoms. The zero-order valence-electron chi connectivity index (χ0n) is 24.8. The summed E-state index contributed by atoms with van der Waals surface area (Å²) in [5.74, 6) is 0.578. The van der Waals surface area contributed by atoms with Gasteiger partial charge < -0.3 is 19.7 Å². The Kier molecular flexibility index (Phi) is 7.97. The number of aromatic nitrogens is 3. The Bertz CT molecular complexity index is 1800. The van der Waals surface area contributed by atoms with Gasteiger partial charge in [0.2, 0.25) is 0 Å². The van der Waals surface area contributed by atoms with Crippen LogP contribution in [0, 0.1) is 6.92 Å². The van der Waals surface area contributed by atoms with Crippen LogP contribution in [0.25, 0.3) is 21.5 Å². The third-order valence-corrected chi connectivity index (χ3v) is 8.81. The number of ether oxygens (including phenoxy) is 2. The highest BCUT2D eigenvalue weighted by atomic mass is 35.5. The van der Waals surface area contributed by atoms with Crippen LogP contribution in [0.15, 0.2) is 47.4 Å². The molecule has 6 rings (SSSR count). The maximum atomic E-state index is 13.9. The number of hydrogen-bond acceptors (Lipinski definition) is 9. The zero-order chi connectivity index (χ0) is 31.2. The minimum atomic E-state index is -0.637. The number of carbonyl (C=O) groups is 2. The molecule has 0 radical (unpaired) electrons. The summed E-state index contributed by atoms with van der Waals surface area (Å²) in [6.45, 7) is 8.52. The fourth-order valence-electron chi connectivity index (χ4n) is 5.55. The van der Waals surface area contributed by atoms with Gasteiger partial charge in [-0.25, -0.2) is 19.6 Å². The van der Waals surface area contributed by atoms with Crippen molar-refractivity contribution in [1.29, 1.82) is 0 Å². The second-order valence-corrected chi connectivity index (χ2v) is 13.5. The van der Waals surface area contributed by atoms with Crippen LogP contribution in [0.1, 0.15) is 45.0 Å². The standard InChI is InChI=1S/C31H33ClN6O5S/c1-17-34-25-12-22(27-33-14-26(44-27)36-29(40)43-31(2,3)4)24(35-20-9-10-37-21(11-20)16-42-30(37)41)13-23(25)28(39)38(17)15-18-5-7-19(32)8-6-18/h5-8,12-14,20-21,35H,9-11,15-16H2,1-4H3,(H,36,40)/t20-,21-/m0/s1. The summed E-state index contributed by atoms with van der Waals surface area (Å²) in [5, 5.41) is 8.65. The SMILES string of the molecule is Cc1nc2cc(-c3ncc(NC(=O)OC(C)(C)C)s3)c(N[C@H]3CCN4C(=O)OC[C@@H]4C3)cc2c(=O)n1Cc1ccc(Cl)cc1. The molecule has 2 aromatic carbocycles. The van der Waals surface area contributed by atoms with Crippen LogP contribution in [0.4, 0.5) is 20.3 Å². The highest BCUT2D eigenvalue weighted by molar-refractivity contribution is 7.19. The van der Waals surface area contributed by atoms with Crippen molar-refractivity contribution >= 4 is 56.7 Å². The van der Waals surface area contributed by atoms with E-state index in [1.54, 1.807) is 48.6 Å². The number of fused-ring (bicyclic) bond motifs is 2. The van der Waals surface area contributed by atoms with E-state index in [4.69, 9.17) is 26.1 Å². The molecule has 2 aliphatic rings. The van der Waals surface area contributed by atoms with E-state index >= 15 is 0 Å². The van der Waals surface area contributed by atoms with Crippen molar-refractivity contribution in [1.82, 2.24) is 19.4 Å². The third kappa shape index (κ3) is 6.36. The summed E-state index contributed by atoms with van der Waals surface area (Å²) in [7, 11) is 0. The lowest BCUT2D eigenvalue weighted by atomic mass is 9.97. The number of benzene rings is 2. The Morgan fingerprint density at radius 3 is 2.73 bits per heavy atom. The van der Waals surface area contributed by atoms with E-state index in [1.165, 1.54) is 11.3 Å². The number of hydrogen-bond donors (Lipinski definition) is 2. The van der Waals surface area contributed by atoms with Gasteiger partial charge in [-0.2, -0.15) is 0 Å². The van der Waals surface area contributed by atoms with Crippen LogP contribution in [-0.2, 0) is 16.0 Å². The molecule has 2 saturated heterocycles. The fraction of sp³-hybridized carbons (Fsp3) is 0.387. The molecule has 0 aliphatic carbocycles. The lowest BCUT2D eigenvalue weighted by Gasteiger charge is -2.33. The summed E-state index contributed by atoms with van der Waals surface area (Å²) < 4.78 is 12.3. The molecule has 4 aromatic rings. The van der Waals surface area contributed by atoms with Gasteiger partial charge in [-0.05, 0) is 70.4 Å². The van der Waals surface area contributed by atoms with E-state index in [-0.39, 0.29) is 23.7 Å². The molecule has 2 N–H and O–H groups in total. The van der Waals surface area contributed by atoms with Crippen molar-refractivity contribution in [3.8, 4) is 10.6 Å². The van der Waals surface area contributed by atoms with Gasteiger partial charge in [-0.3, -0.25) is 14.7 Å². The smallest absolute Gasteiger partial charge is 0.412 e. The molecule has 13 heteroatoms. The molecule has 0 bridgehead atoms. The first kappa shape index (κ1) is 29.9. The highest BCUT2D eigenvalue weighted by Crippen LogP contribution is 2.37. The molecule has 2 amide bonds. The Hall–Kier alpha value is -4.16. The first-order chi connectivity index (χ1) is 20.9. The number of cyclic esters (lactones) is 1. The van der Waals surface area contributed by atoms with E-state index < -0.39 is 11.7 Å². The molecule has 4 heterocycles. The van der Waals surface area contributed by atoms with Gasteiger partial charge in [-0.1, -0.05) is 35.1 Å². The number of nitrogens with zero attached hydrogens (tertiary/aromatic N) is 4. The predicted octanol–water partition coefficient (Wildman–Crippen LogP) is 6.27. The molecule has 230 valence electrons. The molecular formula is C31H33ClN6O5S. The van der Waals surface area contributed by atoms with Crippen molar-refractivity contribution < 1.29 is 19.1 Å². The van der Waals surface area contributed by atoms with Crippen LogP contribution in [0.3, 0.4) is 0 Å². The lowest BCUT2D eigenvalue weighted by Crippen LogP contribution is -2.45. The van der Waals surface area contributed by atoms with Gasteiger partial charge in [0, 0.05) is 28.9 Å². The van der Waals surface area contributed by atoms with Crippen molar-refractivity contribution in [2.24, 2.45) is 0 Å². The van der Waals surface area contributed by atoms with Gasteiger partial charge in [0.25, 0.3) is 5.56 Å². The second kappa shape index (κ2) is 11.7. The van der Waals surface area contributed by atoms with Gasteiger partial charge in [0.05, 0.1) is 29.7 Å². The molecule has 0 unspecified atom stereocenters. The number of thiazole rings is 1. The van der Waals surface area contributed by atoms with E-state index in [9.17, 15) is 14.4 Å². The van der Waals surface area contributed by atoms with E-state index in [1.807, 2.05) is 31.2 Å². The van der Waals surface area contributed by atoms with Crippen molar-refractivity contribution in [2.45, 2.75) is 64.8 Å². The van der Waals surface area contributed by atoms with Crippen molar-refractivity contribution in [3.63, 3.8) is 0 Å². The average molecular weight is 637 g/mol. The van der Waals surface area contributed by atoms with Gasteiger partial charge in [0.15, 0.2) is 0 Å². The third-order valence-electron chi connectivity index (χ3n) is 7.61.